The first-order chi connectivity index (χ1) is 13.3. The number of hydrogen-bond acceptors (Lipinski definition) is 4. The number of para-hydroxylation sites is 1. The molecule has 28 heavy (non-hydrogen) atoms. The van der Waals surface area contributed by atoms with Crippen LogP contribution in [0.15, 0.2) is 29.3 Å². The Kier molecular flexibility index (Phi) is 6.16. The minimum Gasteiger partial charge on any atom is -0.324 e. The Morgan fingerprint density at radius 1 is 1.32 bits per heavy atom. The monoisotopic (exact) mass is 425 g/mol. The van der Waals surface area contributed by atoms with E-state index in [1.165, 1.54) is 12.1 Å². The van der Waals surface area contributed by atoms with Gasteiger partial charge in [-0.3, -0.25) is 4.79 Å². The number of carbonyl (C=O) groups is 1. The van der Waals surface area contributed by atoms with Crippen LogP contribution in [0.1, 0.15) is 35.2 Å². The molecule has 0 saturated carbocycles. The molecule has 1 N–H and O–H groups in total. The van der Waals surface area contributed by atoms with Gasteiger partial charge in [0.25, 0.3) is 0 Å². The molecule has 1 aromatic heterocycles. The largest absolute Gasteiger partial charge is 0.418 e. The summed E-state index contributed by atoms with van der Waals surface area (Å²) in [5.41, 5.74) is 0.845. The van der Waals surface area contributed by atoms with E-state index in [1.807, 2.05) is 0 Å². The van der Waals surface area contributed by atoms with Crippen molar-refractivity contribution in [1.29, 1.82) is 5.26 Å². The Morgan fingerprint density at radius 2 is 2.07 bits per heavy atom. The molecule has 1 aliphatic rings. The maximum atomic E-state index is 13.1. The molecule has 1 aromatic carbocycles. The number of pyridine rings is 1. The highest BCUT2D eigenvalue weighted by molar-refractivity contribution is 8.00. The number of nitriles is 1. The van der Waals surface area contributed by atoms with E-state index < -0.39 is 23.3 Å². The van der Waals surface area contributed by atoms with Gasteiger partial charge in [0.15, 0.2) is 0 Å². The second kappa shape index (κ2) is 8.41. The van der Waals surface area contributed by atoms with Gasteiger partial charge in [0.1, 0.15) is 11.1 Å². The maximum Gasteiger partial charge on any atom is 0.418 e. The number of hydrogen-bond donors (Lipinski definition) is 1. The molecule has 146 valence electrons. The summed E-state index contributed by atoms with van der Waals surface area (Å²) in [6.45, 7) is 0. The van der Waals surface area contributed by atoms with Crippen LogP contribution in [-0.4, -0.2) is 16.6 Å². The Balaban J connectivity index is 1.75. The van der Waals surface area contributed by atoms with Crippen molar-refractivity contribution in [3.05, 3.63) is 51.7 Å². The normalized spacial score (nSPS) is 13.5. The number of anilines is 1. The minimum atomic E-state index is -4.64. The van der Waals surface area contributed by atoms with Crippen LogP contribution in [0.5, 0.6) is 0 Å². The third-order valence-electron chi connectivity index (χ3n) is 4.31. The number of nitrogens with one attached hydrogen (secondary N) is 1. The number of amides is 1. The molecule has 0 spiro atoms. The summed E-state index contributed by atoms with van der Waals surface area (Å²) in [4.78, 5) is 16.7. The van der Waals surface area contributed by atoms with E-state index in [2.05, 4.69) is 16.4 Å². The first kappa shape index (κ1) is 20.5. The highest BCUT2D eigenvalue weighted by atomic mass is 35.5. The summed E-state index contributed by atoms with van der Waals surface area (Å²) in [5.74, 6) is -0.852. The second-order valence-corrected chi connectivity index (χ2v) is 7.63. The molecule has 1 amide bonds. The van der Waals surface area contributed by atoms with Crippen molar-refractivity contribution in [2.24, 2.45) is 0 Å². The van der Waals surface area contributed by atoms with Crippen molar-refractivity contribution < 1.29 is 18.0 Å². The number of rotatable bonds is 4. The van der Waals surface area contributed by atoms with Crippen molar-refractivity contribution in [2.45, 2.75) is 36.9 Å². The van der Waals surface area contributed by atoms with E-state index in [-0.39, 0.29) is 10.8 Å². The van der Waals surface area contributed by atoms with Crippen molar-refractivity contribution in [3.63, 3.8) is 0 Å². The average molecular weight is 426 g/mol. The molecular formula is C19H15ClF3N3OS. The molecule has 0 bridgehead atoms. The Morgan fingerprint density at radius 3 is 2.79 bits per heavy atom. The first-order valence-corrected chi connectivity index (χ1v) is 9.87. The molecular weight excluding hydrogens is 411 g/mol. The molecule has 0 radical (unpaired) electrons. The van der Waals surface area contributed by atoms with E-state index in [0.717, 1.165) is 54.8 Å². The summed E-state index contributed by atoms with van der Waals surface area (Å²) in [6.07, 6.45) is -0.893. The molecule has 0 atom stereocenters. The molecule has 0 aliphatic heterocycles. The van der Waals surface area contributed by atoms with Gasteiger partial charge < -0.3 is 5.32 Å². The number of thioether (sulfide) groups is 1. The Hall–Kier alpha value is -2.24. The van der Waals surface area contributed by atoms with Gasteiger partial charge in [-0.15, -0.1) is 0 Å². The SMILES string of the molecule is N#Cc1cc2c(nc1SCC(=O)Nc1c(Cl)cccc1C(F)(F)F)CCCC2. The lowest BCUT2D eigenvalue weighted by atomic mass is 9.95. The van der Waals surface area contributed by atoms with Gasteiger partial charge in [0.05, 0.1) is 27.6 Å². The fourth-order valence-electron chi connectivity index (χ4n) is 3.00. The third-order valence-corrected chi connectivity index (χ3v) is 5.62. The Labute approximate surface area is 169 Å². The first-order valence-electron chi connectivity index (χ1n) is 8.51. The van der Waals surface area contributed by atoms with E-state index >= 15 is 0 Å². The maximum absolute atomic E-state index is 13.1. The number of alkyl halides is 3. The summed E-state index contributed by atoms with van der Waals surface area (Å²) >= 11 is 6.87. The smallest absolute Gasteiger partial charge is 0.324 e. The predicted octanol–water partition coefficient (Wildman–Crippen LogP) is 5.24. The van der Waals surface area contributed by atoms with Crippen LogP contribution in [0.4, 0.5) is 18.9 Å². The molecule has 2 aromatic rings. The molecule has 1 heterocycles. The second-order valence-electron chi connectivity index (χ2n) is 6.26. The van der Waals surface area contributed by atoms with Crippen molar-refractivity contribution >= 4 is 35.0 Å². The summed E-state index contributed by atoms with van der Waals surface area (Å²) < 4.78 is 39.4. The van der Waals surface area contributed by atoms with Crippen LogP contribution in [0.3, 0.4) is 0 Å². The zero-order valence-electron chi connectivity index (χ0n) is 14.6. The minimum absolute atomic E-state index is 0.191. The molecule has 3 rings (SSSR count). The highest BCUT2D eigenvalue weighted by Gasteiger charge is 2.34. The number of fused-ring (bicyclic) bond motifs is 1. The van der Waals surface area contributed by atoms with Gasteiger partial charge >= 0.3 is 6.18 Å². The van der Waals surface area contributed by atoms with Crippen LogP contribution < -0.4 is 5.32 Å². The molecule has 1 aliphatic carbocycles. The summed E-state index contributed by atoms with van der Waals surface area (Å²) in [5, 5.41) is 11.8. The number of nitrogens with zero attached hydrogens (tertiary/aromatic N) is 2. The molecule has 4 nitrogen and oxygen atoms in total. The number of aryl methyl sites for hydroxylation is 2. The lowest BCUT2D eigenvalue weighted by Crippen LogP contribution is -2.19. The summed E-state index contributed by atoms with van der Waals surface area (Å²) in [7, 11) is 0. The van der Waals surface area contributed by atoms with Crippen LogP contribution in [-0.2, 0) is 23.8 Å². The van der Waals surface area contributed by atoms with Crippen molar-refractivity contribution in [3.8, 4) is 6.07 Å². The molecule has 0 saturated heterocycles. The number of carbonyl (C=O) groups excluding carboxylic acids is 1. The van der Waals surface area contributed by atoms with Gasteiger partial charge in [0.2, 0.25) is 5.91 Å². The van der Waals surface area contributed by atoms with Crippen LogP contribution in [0.2, 0.25) is 5.02 Å². The van der Waals surface area contributed by atoms with Gasteiger partial charge in [0, 0.05) is 5.69 Å². The van der Waals surface area contributed by atoms with E-state index in [4.69, 9.17) is 11.6 Å². The zero-order valence-corrected chi connectivity index (χ0v) is 16.1. The van der Waals surface area contributed by atoms with Crippen LogP contribution in [0, 0.1) is 11.3 Å². The number of aromatic nitrogens is 1. The predicted molar refractivity (Wildman–Crippen MR) is 101 cm³/mol. The molecule has 9 heteroatoms. The highest BCUT2D eigenvalue weighted by Crippen LogP contribution is 2.38. The van der Waals surface area contributed by atoms with Gasteiger partial charge in [-0.05, 0) is 49.4 Å². The lowest BCUT2D eigenvalue weighted by Gasteiger charge is -2.17. The lowest BCUT2D eigenvalue weighted by molar-refractivity contribution is -0.137. The van der Waals surface area contributed by atoms with E-state index in [0.29, 0.717) is 10.6 Å². The standard InChI is InChI=1S/C19H15ClF3N3OS/c20-14-6-3-5-13(19(21,22)23)17(14)26-16(27)10-28-18-12(9-24)8-11-4-1-2-7-15(11)25-18/h3,5-6,8H,1-2,4,7,10H2,(H,26,27). The summed E-state index contributed by atoms with van der Waals surface area (Å²) in [6, 6.07) is 7.16. The quantitative estimate of drug-likeness (QED) is 0.681. The van der Waals surface area contributed by atoms with Crippen molar-refractivity contribution in [1.82, 2.24) is 4.98 Å². The van der Waals surface area contributed by atoms with Crippen molar-refractivity contribution in [2.75, 3.05) is 11.1 Å². The topological polar surface area (TPSA) is 65.8 Å². The number of benzene rings is 1. The van der Waals surface area contributed by atoms with Gasteiger partial charge in [-0.1, -0.05) is 29.4 Å². The third kappa shape index (κ3) is 4.59. The van der Waals surface area contributed by atoms with Gasteiger partial charge in [-0.2, -0.15) is 18.4 Å². The van der Waals surface area contributed by atoms with Crippen LogP contribution in [0.25, 0.3) is 0 Å². The number of halogens is 4. The van der Waals surface area contributed by atoms with E-state index in [1.54, 1.807) is 6.07 Å². The fraction of sp³-hybridized carbons (Fsp3) is 0.316. The molecule has 0 unspecified atom stereocenters. The molecule has 0 fully saturated rings. The zero-order chi connectivity index (χ0) is 20.3. The average Bonchev–Trinajstić information content (AvgIpc) is 2.66. The Bertz CT molecular complexity index is 957. The van der Waals surface area contributed by atoms with E-state index in [9.17, 15) is 23.2 Å². The fourth-order valence-corrected chi connectivity index (χ4v) is 4.00. The van der Waals surface area contributed by atoms with Crippen LogP contribution >= 0.6 is 23.4 Å². The van der Waals surface area contributed by atoms with Gasteiger partial charge in [-0.25, -0.2) is 4.98 Å².